The first-order valence-corrected chi connectivity index (χ1v) is 10.8. The number of hydrogen-bond acceptors (Lipinski definition) is 5. The molecule has 150 valence electrons. The highest BCUT2D eigenvalue weighted by Gasteiger charge is 2.21. The molecule has 0 fully saturated rings. The lowest BCUT2D eigenvalue weighted by atomic mass is 10.2. The Hall–Kier alpha value is -1.31. The van der Waals surface area contributed by atoms with E-state index in [0.29, 0.717) is 17.3 Å². The Labute approximate surface area is 185 Å². The van der Waals surface area contributed by atoms with Gasteiger partial charge < -0.3 is 4.90 Å². The van der Waals surface area contributed by atoms with Gasteiger partial charge in [0.1, 0.15) is 0 Å². The molecule has 1 heterocycles. The van der Waals surface area contributed by atoms with Crippen LogP contribution in [-0.4, -0.2) is 48.7 Å². The summed E-state index contributed by atoms with van der Waals surface area (Å²) < 4.78 is 1.05. The Morgan fingerprint density at radius 2 is 1.86 bits per heavy atom. The van der Waals surface area contributed by atoms with Gasteiger partial charge in [0.25, 0.3) is 0 Å². The minimum atomic E-state index is 0. The lowest BCUT2D eigenvalue weighted by molar-refractivity contribution is -0.116. The third-order valence-electron chi connectivity index (χ3n) is 4.14. The molecule has 0 bridgehead atoms. The number of benzene rings is 2. The number of amides is 1. The van der Waals surface area contributed by atoms with Gasteiger partial charge in [-0.2, -0.15) is 0 Å². The number of carbonyl (C=O) groups excluding carboxylic acids is 1. The van der Waals surface area contributed by atoms with Crippen molar-refractivity contribution in [3.8, 4) is 0 Å². The lowest BCUT2D eigenvalue weighted by Crippen LogP contribution is -2.37. The molecule has 28 heavy (non-hydrogen) atoms. The van der Waals surface area contributed by atoms with Crippen molar-refractivity contribution in [1.29, 1.82) is 0 Å². The number of rotatable bonds is 7. The maximum atomic E-state index is 13.0. The van der Waals surface area contributed by atoms with Gasteiger partial charge in [-0.25, -0.2) is 4.98 Å². The van der Waals surface area contributed by atoms with Crippen LogP contribution in [0.15, 0.2) is 47.4 Å². The second-order valence-corrected chi connectivity index (χ2v) is 8.93. The molecule has 2 aromatic carbocycles. The summed E-state index contributed by atoms with van der Waals surface area (Å²) in [5.41, 5.74) is 1.83. The van der Waals surface area contributed by atoms with E-state index in [1.807, 2.05) is 63.5 Å². The van der Waals surface area contributed by atoms with Crippen molar-refractivity contribution in [3.05, 3.63) is 53.1 Å². The van der Waals surface area contributed by atoms with Gasteiger partial charge in [0.2, 0.25) is 5.91 Å². The van der Waals surface area contributed by atoms with E-state index in [1.54, 1.807) is 16.7 Å². The standard InChI is InChI=1S/C20H22ClN3OS2.ClH/c1-14-16(21)9-10-17-19(14)22-20(27-17)24(12-11-23(2)3)18(25)13-26-15-7-5-4-6-8-15;/h4-10H,11-13H2,1-3H3;1H. The van der Waals surface area contributed by atoms with Crippen molar-refractivity contribution in [1.82, 2.24) is 9.88 Å². The highest BCUT2D eigenvalue weighted by Crippen LogP contribution is 2.34. The van der Waals surface area contributed by atoms with Gasteiger partial charge >= 0.3 is 0 Å². The molecule has 0 saturated carbocycles. The number of aromatic nitrogens is 1. The van der Waals surface area contributed by atoms with E-state index in [0.717, 1.165) is 32.4 Å². The summed E-state index contributed by atoms with van der Waals surface area (Å²) in [5.74, 6) is 0.445. The largest absolute Gasteiger partial charge is 0.308 e. The second-order valence-electron chi connectivity index (χ2n) is 6.47. The molecule has 4 nitrogen and oxygen atoms in total. The van der Waals surface area contributed by atoms with Crippen LogP contribution in [0, 0.1) is 6.92 Å². The van der Waals surface area contributed by atoms with Crippen LogP contribution in [0.5, 0.6) is 0 Å². The van der Waals surface area contributed by atoms with E-state index in [4.69, 9.17) is 16.6 Å². The monoisotopic (exact) mass is 455 g/mol. The molecule has 0 N–H and O–H groups in total. The van der Waals surface area contributed by atoms with Crippen molar-refractivity contribution >= 4 is 68.4 Å². The number of likely N-dealkylation sites (N-methyl/N-ethyl adjacent to an activating group) is 1. The summed E-state index contributed by atoms with van der Waals surface area (Å²) in [7, 11) is 4.01. The van der Waals surface area contributed by atoms with E-state index in [9.17, 15) is 4.79 Å². The topological polar surface area (TPSA) is 36.4 Å². The molecule has 0 aliphatic heterocycles. The van der Waals surface area contributed by atoms with E-state index in [2.05, 4.69) is 4.90 Å². The van der Waals surface area contributed by atoms with Crippen molar-refractivity contribution in [2.45, 2.75) is 11.8 Å². The van der Waals surface area contributed by atoms with Gasteiger partial charge in [-0.05, 0) is 50.8 Å². The predicted octanol–water partition coefficient (Wildman–Crippen LogP) is 5.37. The first-order valence-electron chi connectivity index (χ1n) is 8.64. The quantitative estimate of drug-likeness (QED) is 0.448. The molecule has 0 radical (unpaired) electrons. The van der Waals surface area contributed by atoms with Crippen LogP contribution in [0.25, 0.3) is 10.2 Å². The number of aryl methyl sites for hydroxylation is 1. The van der Waals surface area contributed by atoms with Crippen LogP contribution in [0.1, 0.15) is 5.56 Å². The van der Waals surface area contributed by atoms with Gasteiger partial charge in [-0.3, -0.25) is 9.69 Å². The normalized spacial score (nSPS) is 10.9. The molecule has 3 aromatic rings. The zero-order chi connectivity index (χ0) is 19.4. The van der Waals surface area contributed by atoms with Gasteiger partial charge in [-0.1, -0.05) is 41.1 Å². The smallest absolute Gasteiger partial charge is 0.239 e. The Balaban J connectivity index is 0.00000280. The molecule has 0 aliphatic carbocycles. The molecule has 3 rings (SSSR count). The molecule has 0 saturated heterocycles. The number of thiazole rings is 1. The number of anilines is 1. The van der Waals surface area contributed by atoms with E-state index in [1.165, 1.54) is 11.3 Å². The fourth-order valence-corrected chi connectivity index (χ4v) is 4.59. The molecule has 0 unspecified atom stereocenters. The highest BCUT2D eigenvalue weighted by atomic mass is 35.5. The number of thioether (sulfide) groups is 1. The van der Waals surface area contributed by atoms with Crippen LogP contribution in [0.4, 0.5) is 5.13 Å². The van der Waals surface area contributed by atoms with Crippen molar-refractivity contribution in [3.63, 3.8) is 0 Å². The minimum Gasteiger partial charge on any atom is -0.308 e. The summed E-state index contributed by atoms with van der Waals surface area (Å²) in [6.45, 7) is 3.34. The number of hydrogen-bond donors (Lipinski definition) is 0. The third-order valence-corrected chi connectivity index (χ3v) is 6.59. The van der Waals surface area contributed by atoms with Crippen LogP contribution >= 0.6 is 47.1 Å². The number of halogens is 2. The highest BCUT2D eigenvalue weighted by molar-refractivity contribution is 8.00. The molecule has 0 aliphatic rings. The maximum Gasteiger partial charge on any atom is 0.239 e. The van der Waals surface area contributed by atoms with Crippen molar-refractivity contribution < 1.29 is 4.79 Å². The van der Waals surface area contributed by atoms with Gasteiger partial charge in [0.05, 0.1) is 16.0 Å². The fraction of sp³-hybridized carbons (Fsp3) is 0.300. The third kappa shape index (κ3) is 5.61. The van der Waals surface area contributed by atoms with Gasteiger partial charge in [0.15, 0.2) is 5.13 Å². The van der Waals surface area contributed by atoms with E-state index >= 15 is 0 Å². The average molecular weight is 456 g/mol. The minimum absolute atomic E-state index is 0. The maximum absolute atomic E-state index is 13.0. The first-order chi connectivity index (χ1) is 13.0. The molecule has 1 amide bonds. The zero-order valence-electron chi connectivity index (χ0n) is 16.0. The van der Waals surface area contributed by atoms with Crippen molar-refractivity contribution in [2.75, 3.05) is 37.8 Å². The van der Waals surface area contributed by atoms with Crippen LogP contribution in [-0.2, 0) is 4.79 Å². The first kappa shape index (κ1) is 23.0. The fourth-order valence-electron chi connectivity index (χ4n) is 2.57. The Bertz CT molecular complexity index is 932. The lowest BCUT2D eigenvalue weighted by Gasteiger charge is -2.21. The zero-order valence-corrected chi connectivity index (χ0v) is 19.2. The van der Waals surface area contributed by atoms with E-state index < -0.39 is 0 Å². The number of fused-ring (bicyclic) bond motifs is 1. The summed E-state index contributed by atoms with van der Waals surface area (Å²) in [6, 6.07) is 13.8. The number of nitrogens with zero attached hydrogens (tertiary/aromatic N) is 3. The summed E-state index contributed by atoms with van der Waals surface area (Å²) in [4.78, 5) is 22.7. The number of carbonyl (C=O) groups is 1. The van der Waals surface area contributed by atoms with Gasteiger partial charge in [-0.15, -0.1) is 24.2 Å². The molecule has 0 spiro atoms. The van der Waals surface area contributed by atoms with Crippen LogP contribution in [0.3, 0.4) is 0 Å². The molecule has 0 atom stereocenters. The van der Waals surface area contributed by atoms with Crippen molar-refractivity contribution in [2.24, 2.45) is 0 Å². The molecule has 8 heteroatoms. The molecule has 1 aromatic heterocycles. The Morgan fingerprint density at radius 3 is 2.54 bits per heavy atom. The molecular formula is C20H23Cl2N3OS2. The second kappa shape index (κ2) is 10.5. The Kier molecular flexibility index (Phi) is 8.58. The summed E-state index contributed by atoms with van der Waals surface area (Å²) >= 11 is 9.32. The summed E-state index contributed by atoms with van der Waals surface area (Å²) in [6.07, 6.45) is 0. The Morgan fingerprint density at radius 1 is 1.14 bits per heavy atom. The average Bonchev–Trinajstić information content (AvgIpc) is 3.08. The van der Waals surface area contributed by atoms with Gasteiger partial charge in [0, 0.05) is 23.0 Å². The van der Waals surface area contributed by atoms with Crippen LogP contribution < -0.4 is 4.90 Å². The summed E-state index contributed by atoms with van der Waals surface area (Å²) in [5, 5.41) is 1.43. The SMILES string of the molecule is Cc1c(Cl)ccc2sc(N(CCN(C)C)C(=O)CSc3ccccc3)nc12.Cl. The van der Waals surface area contributed by atoms with E-state index in [-0.39, 0.29) is 18.3 Å². The van der Waals surface area contributed by atoms with Crippen LogP contribution in [0.2, 0.25) is 5.02 Å². The molecular weight excluding hydrogens is 433 g/mol. The predicted molar refractivity (Wildman–Crippen MR) is 125 cm³/mol.